The normalized spacial score (nSPS) is 10.8. The van der Waals surface area contributed by atoms with Crippen molar-refractivity contribution in [1.82, 2.24) is 0 Å². The molecule has 0 aliphatic heterocycles. The van der Waals surface area contributed by atoms with Crippen LogP contribution in [-0.4, -0.2) is 25.4 Å². The highest BCUT2D eigenvalue weighted by atomic mass is 16.5. The molecule has 0 aromatic heterocycles. The van der Waals surface area contributed by atoms with Crippen LogP contribution in [0.3, 0.4) is 0 Å². The number of hydrogen-bond acceptors (Lipinski definition) is 4. The summed E-state index contributed by atoms with van der Waals surface area (Å²) in [5.41, 5.74) is 0.653. The molecule has 4 heteroatoms. The number of nitrogens with zero attached hydrogens (tertiary/aromatic N) is 1. The molecule has 0 bridgehead atoms. The van der Waals surface area contributed by atoms with Crippen molar-refractivity contribution in [2.24, 2.45) is 4.99 Å². The number of aliphatic imine (C=N–C) groups is 1. The summed E-state index contributed by atoms with van der Waals surface area (Å²) in [4.78, 5) is 15.2. The van der Waals surface area contributed by atoms with Crippen molar-refractivity contribution in [3.05, 3.63) is 24.3 Å². The zero-order valence-electron chi connectivity index (χ0n) is 9.64. The third kappa shape index (κ3) is 4.13. The molecule has 0 atom stereocenters. The lowest BCUT2D eigenvalue weighted by atomic mass is 10.3. The van der Waals surface area contributed by atoms with Gasteiger partial charge in [-0.1, -0.05) is 6.07 Å². The number of rotatable bonds is 4. The number of carbonyl (C=O) groups is 1. The Labute approximate surface area is 94.9 Å². The van der Waals surface area contributed by atoms with E-state index in [1.807, 2.05) is 6.07 Å². The lowest BCUT2D eigenvalue weighted by molar-refractivity contribution is -0.138. The summed E-state index contributed by atoms with van der Waals surface area (Å²) in [5, 5.41) is 0. The summed E-state index contributed by atoms with van der Waals surface area (Å²) in [5.74, 6) is 0.254. The van der Waals surface area contributed by atoms with E-state index in [1.54, 1.807) is 39.2 Å². The predicted octanol–water partition coefficient (Wildman–Crippen LogP) is 2.35. The van der Waals surface area contributed by atoms with Crippen LogP contribution in [0.2, 0.25) is 0 Å². The van der Waals surface area contributed by atoms with Crippen LogP contribution in [-0.2, 0) is 9.53 Å². The molecule has 1 aromatic rings. The van der Waals surface area contributed by atoms with E-state index < -0.39 is 5.97 Å². The third-order valence-corrected chi connectivity index (χ3v) is 1.72. The summed E-state index contributed by atoms with van der Waals surface area (Å²) in [7, 11) is 1.58. The van der Waals surface area contributed by atoms with Gasteiger partial charge in [0.25, 0.3) is 0 Å². The van der Waals surface area contributed by atoms with E-state index in [-0.39, 0.29) is 6.10 Å². The molecule has 0 unspecified atom stereocenters. The predicted molar refractivity (Wildman–Crippen MR) is 62.4 cm³/mol. The Balaban J connectivity index is 2.65. The average Bonchev–Trinajstić information content (AvgIpc) is 2.26. The molecular weight excluding hydrogens is 206 g/mol. The fraction of sp³-hybridized carbons (Fsp3) is 0.333. The summed E-state index contributed by atoms with van der Waals surface area (Å²) < 4.78 is 9.95. The van der Waals surface area contributed by atoms with Crippen LogP contribution in [0.4, 0.5) is 5.69 Å². The zero-order valence-corrected chi connectivity index (χ0v) is 9.64. The smallest absolute Gasteiger partial charge is 0.349 e. The first-order chi connectivity index (χ1) is 7.61. The van der Waals surface area contributed by atoms with Gasteiger partial charge in [0.1, 0.15) is 12.0 Å². The largest absolute Gasteiger partial charge is 0.497 e. The number of carbonyl (C=O) groups excluding carboxylic acids is 1. The average molecular weight is 221 g/mol. The van der Waals surface area contributed by atoms with Crippen molar-refractivity contribution in [2.75, 3.05) is 7.11 Å². The van der Waals surface area contributed by atoms with Crippen molar-refractivity contribution in [1.29, 1.82) is 0 Å². The topological polar surface area (TPSA) is 47.9 Å². The molecule has 0 saturated carbocycles. The maximum Gasteiger partial charge on any atom is 0.349 e. The Bertz CT molecular complexity index is 386. The first-order valence-electron chi connectivity index (χ1n) is 5.00. The van der Waals surface area contributed by atoms with E-state index in [4.69, 9.17) is 9.47 Å². The van der Waals surface area contributed by atoms with Gasteiger partial charge in [-0.2, -0.15) is 0 Å². The second kappa shape index (κ2) is 5.90. The quantitative estimate of drug-likeness (QED) is 0.579. The van der Waals surface area contributed by atoms with Gasteiger partial charge in [-0.05, 0) is 26.0 Å². The first-order valence-corrected chi connectivity index (χ1v) is 5.00. The Kier molecular flexibility index (Phi) is 4.51. The number of benzene rings is 1. The highest BCUT2D eigenvalue weighted by Gasteiger charge is 2.01. The molecule has 86 valence electrons. The van der Waals surface area contributed by atoms with Crippen LogP contribution < -0.4 is 4.74 Å². The minimum Gasteiger partial charge on any atom is -0.497 e. The van der Waals surface area contributed by atoms with Crippen LogP contribution in [0, 0.1) is 0 Å². The second-order valence-corrected chi connectivity index (χ2v) is 3.45. The monoisotopic (exact) mass is 221 g/mol. The zero-order chi connectivity index (χ0) is 12.0. The van der Waals surface area contributed by atoms with E-state index >= 15 is 0 Å². The Morgan fingerprint density at radius 2 is 2.19 bits per heavy atom. The van der Waals surface area contributed by atoms with Gasteiger partial charge in [0.05, 0.1) is 18.9 Å². The van der Waals surface area contributed by atoms with Gasteiger partial charge in [-0.3, -0.25) is 0 Å². The van der Waals surface area contributed by atoms with Gasteiger partial charge in [0, 0.05) is 6.07 Å². The van der Waals surface area contributed by atoms with Gasteiger partial charge in [0.2, 0.25) is 0 Å². The number of ether oxygens (including phenoxy) is 2. The van der Waals surface area contributed by atoms with Gasteiger partial charge in [0.15, 0.2) is 0 Å². The van der Waals surface area contributed by atoms with Gasteiger partial charge >= 0.3 is 5.97 Å². The van der Waals surface area contributed by atoms with E-state index in [2.05, 4.69) is 4.99 Å². The van der Waals surface area contributed by atoms with Crippen LogP contribution in [0.25, 0.3) is 0 Å². The molecule has 0 spiro atoms. The molecule has 0 aliphatic carbocycles. The van der Waals surface area contributed by atoms with Gasteiger partial charge < -0.3 is 9.47 Å². The Morgan fingerprint density at radius 3 is 2.81 bits per heavy atom. The maximum absolute atomic E-state index is 11.2. The van der Waals surface area contributed by atoms with Crippen LogP contribution in [0.5, 0.6) is 5.75 Å². The molecule has 0 fully saturated rings. The molecule has 0 saturated heterocycles. The fourth-order valence-electron chi connectivity index (χ4n) is 1.08. The molecule has 0 aliphatic rings. The first kappa shape index (κ1) is 12.2. The molecule has 0 heterocycles. The second-order valence-electron chi connectivity index (χ2n) is 3.45. The van der Waals surface area contributed by atoms with Crippen molar-refractivity contribution in [3.8, 4) is 5.75 Å². The minimum atomic E-state index is -0.446. The van der Waals surface area contributed by atoms with Crippen molar-refractivity contribution in [2.45, 2.75) is 20.0 Å². The van der Waals surface area contributed by atoms with Crippen molar-refractivity contribution >= 4 is 17.9 Å². The number of methoxy groups -OCH3 is 1. The van der Waals surface area contributed by atoms with Gasteiger partial charge in [-0.25, -0.2) is 9.79 Å². The van der Waals surface area contributed by atoms with Crippen LogP contribution in [0.15, 0.2) is 29.3 Å². The summed E-state index contributed by atoms with van der Waals surface area (Å²) in [6.45, 7) is 3.58. The summed E-state index contributed by atoms with van der Waals surface area (Å²) >= 11 is 0. The summed E-state index contributed by atoms with van der Waals surface area (Å²) in [6.07, 6.45) is 1.03. The minimum absolute atomic E-state index is 0.135. The van der Waals surface area contributed by atoms with Crippen molar-refractivity contribution in [3.63, 3.8) is 0 Å². The van der Waals surface area contributed by atoms with E-state index in [1.165, 1.54) is 0 Å². The standard InChI is InChI=1S/C12H15NO3/c1-9(2)16-12(14)8-13-10-5-4-6-11(7-10)15-3/h4-9H,1-3H3. The third-order valence-electron chi connectivity index (χ3n) is 1.72. The lowest BCUT2D eigenvalue weighted by Crippen LogP contribution is -2.11. The highest BCUT2D eigenvalue weighted by molar-refractivity contribution is 6.23. The molecule has 1 aromatic carbocycles. The summed E-state index contributed by atoms with van der Waals surface area (Å²) in [6, 6.07) is 7.13. The Morgan fingerprint density at radius 1 is 1.44 bits per heavy atom. The highest BCUT2D eigenvalue weighted by Crippen LogP contribution is 2.18. The lowest BCUT2D eigenvalue weighted by Gasteiger charge is -2.03. The van der Waals surface area contributed by atoms with Gasteiger partial charge in [-0.15, -0.1) is 0 Å². The van der Waals surface area contributed by atoms with E-state index in [0.29, 0.717) is 11.4 Å². The Hall–Kier alpha value is -1.84. The molecule has 16 heavy (non-hydrogen) atoms. The van der Waals surface area contributed by atoms with E-state index in [0.717, 1.165) is 6.21 Å². The molecule has 0 N–H and O–H groups in total. The van der Waals surface area contributed by atoms with Crippen LogP contribution >= 0.6 is 0 Å². The molecule has 0 amide bonds. The maximum atomic E-state index is 11.2. The number of esters is 1. The fourth-order valence-corrected chi connectivity index (χ4v) is 1.08. The van der Waals surface area contributed by atoms with E-state index in [9.17, 15) is 4.79 Å². The molecule has 4 nitrogen and oxygen atoms in total. The molecule has 0 radical (unpaired) electrons. The molecule has 1 rings (SSSR count). The van der Waals surface area contributed by atoms with Crippen molar-refractivity contribution < 1.29 is 14.3 Å². The van der Waals surface area contributed by atoms with Crippen LogP contribution in [0.1, 0.15) is 13.8 Å². The number of hydrogen-bond donors (Lipinski definition) is 0. The SMILES string of the molecule is COc1cccc(N=CC(=O)OC(C)C)c1. The molecular formula is C12H15NO3.